The van der Waals surface area contributed by atoms with Gasteiger partial charge in [-0.2, -0.15) is 5.10 Å². The molecule has 1 saturated heterocycles. The maximum absolute atomic E-state index is 13.1. The topological polar surface area (TPSA) is 67.2 Å². The Morgan fingerprint density at radius 2 is 1.75 bits per heavy atom. The molecule has 1 N–H and O–H groups in total. The molecule has 0 aliphatic carbocycles. The molecule has 0 unspecified atom stereocenters. The van der Waals surface area contributed by atoms with Crippen molar-refractivity contribution in [3.8, 4) is 0 Å². The molecule has 1 aliphatic rings. The van der Waals surface area contributed by atoms with E-state index in [-0.39, 0.29) is 16.2 Å². The van der Waals surface area contributed by atoms with Crippen molar-refractivity contribution in [2.75, 3.05) is 4.90 Å². The van der Waals surface area contributed by atoms with E-state index in [2.05, 4.69) is 10.4 Å². The number of benzene rings is 1. The molecule has 2 amide bonds. The summed E-state index contributed by atoms with van der Waals surface area (Å²) in [6.07, 6.45) is 1.59. The summed E-state index contributed by atoms with van der Waals surface area (Å²) in [6, 6.07) is 6.67. The van der Waals surface area contributed by atoms with Gasteiger partial charge in [0.15, 0.2) is 5.11 Å². The highest BCUT2D eigenvalue weighted by Gasteiger charge is 2.35. The largest absolute Gasteiger partial charge is 0.298 e. The second kappa shape index (κ2) is 7.14. The number of anilines is 1. The Bertz CT molecular complexity index is 1020. The number of hydrogen-bond acceptors (Lipinski definition) is 4. The van der Waals surface area contributed by atoms with Gasteiger partial charge in [0.2, 0.25) is 0 Å². The molecule has 1 aliphatic heterocycles. The molecular formula is C20H21ClN4O2S. The standard InChI is InChI=1S/C20H21ClN4O2S/c1-11-15(12(2)25(23-11)20(3,4)5)10-16-17(26)22-19(28)24(18(16)27)14-8-6-13(21)7-9-14/h6-10H,1-5H3,(H,22,26,28)/b16-10+. The monoisotopic (exact) mass is 416 g/mol. The van der Waals surface area contributed by atoms with Crippen LogP contribution in [0.3, 0.4) is 0 Å². The Hall–Kier alpha value is -2.51. The van der Waals surface area contributed by atoms with Crippen LogP contribution in [-0.2, 0) is 15.1 Å². The van der Waals surface area contributed by atoms with Crippen LogP contribution in [0, 0.1) is 13.8 Å². The third kappa shape index (κ3) is 3.59. The summed E-state index contributed by atoms with van der Waals surface area (Å²) >= 11 is 11.1. The van der Waals surface area contributed by atoms with Gasteiger partial charge in [-0.3, -0.25) is 24.5 Å². The summed E-state index contributed by atoms with van der Waals surface area (Å²) in [7, 11) is 0. The van der Waals surface area contributed by atoms with Crippen molar-refractivity contribution in [3.05, 3.63) is 51.8 Å². The number of carbonyl (C=O) groups excluding carboxylic acids is 2. The quantitative estimate of drug-likeness (QED) is 0.460. The molecule has 2 heterocycles. The fourth-order valence-electron chi connectivity index (χ4n) is 3.14. The van der Waals surface area contributed by atoms with Gasteiger partial charge >= 0.3 is 0 Å². The van der Waals surface area contributed by atoms with E-state index >= 15 is 0 Å². The van der Waals surface area contributed by atoms with Crippen molar-refractivity contribution in [2.24, 2.45) is 0 Å². The molecule has 28 heavy (non-hydrogen) atoms. The molecular weight excluding hydrogens is 396 g/mol. The van der Waals surface area contributed by atoms with E-state index in [4.69, 9.17) is 23.8 Å². The van der Waals surface area contributed by atoms with Crippen molar-refractivity contribution >= 4 is 52.5 Å². The fraction of sp³-hybridized carbons (Fsp3) is 0.300. The Balaban J connectivity index is 2.07. The summed E-state index contributed by atoms with van der Waals surface area (Å²) in [5.74, 6) is -1.01. The van der Waals surface area contributed by atoms with Gasteiger partial charge in [-0.25, -0.2) is 0 Å². The van der Waals surface area contributed by atoms with Crippen LogP contribution in [0.2, 0.25) is 5.02 Å². The van der Waals surface area contributed by atoms with Gasteiger partial charge in [-0.1, -0.05) is 11.6 Å². The number of nitrogens with zero attached hydrogens (tertiary/aromatic N) is 3. The molecule has 6 nitrogen and oxygen atoms in total. The summed E-state index contributed by atoms with van der Waals surface area (Å²) in [6.45, 7) is 9.91. The van der Waals surface area contributed by atoms with Gasteiger partial charge in [-0.15, -0.1) is 0 Å². The molecule has 1 aromatic carbocycles. The van der Waals surface area contributed by atoms with Crippen molar-refractivity contribution < 1.29 is 9.59 Å². The van der Waals surface area contributed by atoms with Crippen LogP contribution in [0.1, 0.15) is 37.7 Å². The van der Waals surface area contributed by atoms with Crippen LogP contribution < -0.4 is 10.2 Å². The van der Waals surface area contributed by atoms with Crippen LogP contribution in [-0.4, -0.2) is 26.7 Å². The Morgan fingerprint density at radius 3 is 2.29 bits per heavy atom. The minimum atomic E-state index is -0.525. The lowest BCUT2D eigenvalue weighted by atomic mass is 10.0. The van der Waals surface area contributed by atoms with Gasteiger partial charge in [0.05, 0.1) is 16.9 Å². The first kappa shape index (κ1) is 20.2. The van der Waals surface area contributed by atoms with E-state index in [1.165, 1.54) is 4.90 Å². The van der Waals surface area contributed by atoms with Crippen LogP contribution in [0.15, 0.2) is 29.8 Å². The first-order valence-electron chi connectivity index (χ1n) is 8.74. The number of hydrogen-bond donors (Lipinski definition) is 1. The average molecular weight is 417 g/mol. The lowest BCUT2D eigenvalue weighted by Crippen LogP contribution is -2.54. The van der Waals surface area contributed by atoms with Crippen molar-refractivity contribution in [2.45, 2.75) is 40.2 Å². The zero-order chi connectivity index (χ0) is 20.8. The highest BCUT2D eigenvalue weighted by atomic mass is 35.5. The zero-order valence-electron chi connectivity index (χ0n) is 16.3. The molecule has 146 valence electrons. The highest BCUT2D eigenvalue weighted by molar-refractivity contribution is 7.80. The summed E-state index contributed by atoms with van der Waals surface area (Å²) in [4.78, 5) is 26.9. The molecule has 8 heteroatoms. The van der Waals surface area contributed by atoms with Crippen LogP contribution in [0.25, 0.3) is 6.08 Å². The minimum Gasteiger partial charge on any atom is -0.298 e. The Labute approximate surface area is 174 Å². The first-order chi connectivity index (χ1) is 13.0. The van der Waals surface area contributed by atoms with Crippen LogP contribution in [0.5, 0.6) is 0 Å². The van der Waals surface area contributed by atoms with E-state index in [0.717, 1.165) is 17.0 Å². The number of thiocarbonyl (C=S) groups is 1. The van der Waals surface area contributed by atoms with Gasteiger partial charge < -0.3 is 0 Å². The van der Waals surface area contributed by atoms with Gasteiger partial charge in [0, 0.05) is 16.3 Å². The molecule has 0 atom stereocenters. The summed E-state index contributed by atoms with van der Waals surface area (Å²) in [5.41, 5.74) is 2.68. The number of carbonyl (C=O) groups is 2. The summed E-state index contributed by atoms with van der Waals surface area (Å²) < 4.78 is 1.89. The smallest absolute Gasteiger partial charge is 0.270 e. The predicted octanol–water partition coefficient (Wildman–Crippen LogP) is 3.74. The van der Waals surface area contributed by atoms with Crippen LogP contribution >= 0.6 is 23.8 Å². The molecule has 0 spiro atoms. The number of nitrogens with one attached hydrogen (secondary N) is 1. The van der Waals surface area contributed by atoms with Gasteiger partial charge in [0.1, 0.15) is 5.57 Å². The van der Waals surface area contributed by atoms with Crippen LogP contribution in [0.4, 0.5) is 5.69 Å². The first-order valence-corrected chi connectivity index (χ1v) is 9.53. The van der Waals surface area contributed by atoms with E-state index in [9.17, 15) is 9.59 Å². The second-order valence-corrected chi connectivity index (χ2v) is 8.42. The molecule has 3 rings (SSSR count). The van der Waals surface area contributed by atoms with Crippen molar-refractivity contribution in [1.82, 2.24) is 15.1 Å². The van der Waals surface area contributed by atoms with E-state index in [1.54, 1.807) is 30.3 Å². The third-order valence-corrected chi connectivity index (χ3v) is 4.99. The zero-order valence-corrected chi connectivity index (χ0v) is 17.9. The van der Waals surface area contributed by atoms with Crippen molar-refractivity contribution in [1.29, 1.82) is 0 Å². The highest BCUT2D eigenvalue weighted by Crippen LogP contribution is 2.27. The fourth-order valence-corrected chi connectivity index (χ4v) is 3.55. The average Bonchev–Trinajstić information content (AvgIpc) is 2.88. The van der Waals surface area contributed by atoms with E-state index < -0.39 is 11.8 Å². The Morgan fingerprint density at radius 1 is 1.14 bits per heavy atom. The number of aryl methyl sites for hydroxylation is 1. The van der Waals surface area contributed by atoms with Crippen molar-refractivity contribution in [3.63, 3.8) is 0 Å². The number of halogens is 1. The molecule has 0 saturated carbocycles. The maximum Gasteiger partial charge on any atom is 0.270 e. The molecule has 1 fully saturated rings. The lowest BCUT2D eigenvalue weighted by molar-refractivity contribution is -0.122. The number of amides is 2. The lowest BCUT2D eigenvalue weighted by Gasteiger charge is -2.29. The molecule has 0 bridgehead atoms. The molecule has 1 aromatic heterocycles. The molecule has 2 aromatic rings. The second-order valence-electron chi connectivity index (χ2n) is 7.60. The molecule has 0 radical (unpaired) electrons. The third-order valence-electron chi connectivity index (χ3n) is 4.46. The Kier molecular flexibility index (Phi) is 5.16. The number of aromatic nitrogens is 2. The van der Waals surface area contributed by atoms with Gasteiger partial charge in [-0.05, 0) is 77.2 Å². The van der Waals surface area contributed by atoms with E-state index in [0.29, 0.717) is 10.7 Å². The SMILES string of the molecule is Cc1nn(C(C)(C)C)c(C)c1/C=C1\C(=O)NC(=S)N(c2ccc(Cl)cc2)C1=O. The predicted molar refractivity (Wildman–Crippen MR) is 114 cm³/mol. The van der Waals surface area contributed by atoms with E-state index in [1.807, 2.05) is 39.3 Å². The number of rotatable bonds is 2. The normalized spacial score (nSPS) is 16.7. The van der Waals surface area contributed by atoms with Gasteiger partial charge in [0.25, 0.3) is 11.8 Å². The summed E-state index contributed by atoms with van der Waals surface area (Å²) in [5, 5.41) is 7.74. The maximum atomic E-state index is 13.1. The minimum absolute atomic E-state index is 0.00297.